The molecule has 2 N–H and O–H groups in total. The van der Waals surface area contributed by atoms with Crippen LogP contribution in [0.4, 0.5) is 0 Å². The zero-order valence-corrected chi connectivity index (χ0v) is 14.5. The van der Waals surface area contributed by atoms with Crippen LogP contribution in [-0.4, -0.2) is 38.1 Å². The fourth-order valence-electron chi connectivity index (χ4n) is 3.82. The number of nitrogens with one attached hydrogen (secondary N) is 2. The van der Waals surface area contributed by atoms with Crippen LogP contribution in [0.1, 0.15) is 30.4 Å². The number of rotatable bonds is 5. The molecule has 1 aromatic carbocycles. The summed E-state index contributed by atoms with van der Waals surface area (Å²) in [5.41, 5.74) is 2.77. The lowest BCUT2D eigenvalue weighted by molar-refractivity contribution is 0.0524. The van der Waals surface area contributed by atoms with Crippen LogP contribution >= 0.6 is 11.8 Å². The lowest BCUT2D eigenvalue weighted by Gasteiger charge is -2.33. The van der Waals surface area contributed by atoms with Crippen molar-refractivity contribution in [1.29, 1.82) is 0 Å². The number of hydrogen-bond donors (Lipinski definition) is 2. The van der Waals surface area contributed by atoms with Crippen LogP contribution in [0.5, 0.6) is 0 Å². The van der Waals surface area contributed by atoms with E-state index < -0.39 is 0 Å². The molecular formula is C18H28N2OS. The maximum atomic E-state index is 5.66. The lowest BCUT2D eigenvalue weighted by Crippen LogP contribution is -2.50. The minimum Gasteiger partial charge on any atom is -0.379 e. The van der Waals surface area contributed by atoms with Gasteiger partial charge in [-0.2, -0.15) is 0 Å². The molecule has 2 aliphatic rings. The quantitative estimate of drug-likeness (QED) is 0.817. The molecule has 1 aliphatic heterocycles. The van der Waals surface area contributed by atoms with E-state index in [0.29, 0.717) is 18.0 Å². The largest absolute Gasteiger partial charge is 0.379 e. The van der Waals surface area contributed by atoms with Crippen LogP contribution < -0.4 is 10.6 Å². The van der Waals surface area contributed by atoms with Gasteiger partial charge in [0.15, 0.2) is 0 Å². The number of thioether (sulfide) groups is 1. The highest BCUT2D eigenvalue weighted by Gasteiger charge is 2.34. The Morgan fingerprint density at radius 1 is 1.36 bits per heavy atom. The topological polar surface area (TPSA) is 33.3 Å². The van der Waals surface area contributed by atoms with Gasteiger partial charge in [-0.1, -0.05) is 18.6 Å². The molecule has 0 bridgehead atoms. The first-order valence-corrected chi connectivity index (χ1v) is 9.68. The number of aryl methyl sites for hydroxylation is 1. The summed E-state index contributed by atoms with van der Waals surface area (Å²) in [4.78, 5) is 1.40. The van der Waals surface area contributed by atoms with Gasteiger partial charge in [-0.25, -0.2) is 0 Å². The summed E-state index contributed by atoms with van der Waals surface area (Å²) < 4.78 is 5.66. The van der Waals surface area contributed by atoms with E-state index in [-0.39, 0.29) is 0 Å². The van der Waals surface area contributed by atoms with Crippen molar-refractivity contribution in [2.45, 2.75) is 49.7 Å². The maximum Gasteiger partial charge on any atom is 0.0623 e. The molecule has 0 aromatic heterocycles. The molecule has 0 radical (unpaired) electrons. The van der Waals surface area contributed by atoms with Gasteiger partial charge >= 0.3 is 0 Å². The number of benzene rings is 1. The smallest absolute Gasteiger partial charge is 0.0623 e. The third kappa shape index (κ3) is 3.85. The molecule has 1 aliphatic carbocycles. The molecule has 3 atom stereocenters. The highest BCUT2D eigenvalue weighted by Crippen LogP contribution is 2.30. The third-order valence-corrected chi connectivity index (χ3v) is 5.85. The van der Waals surface area contributed by atoms with Crippen molar-refractivity contribution >= 4 is 11.8 Å². The highest BCUT2D eigenvalue weighted by atomic mass is 32.2. The first kappa shape index (κ1) is 16.3. The van der Waals surface area contributed by atoms with E-state index in [0.717, 1.165) is 26.3 Å². The molecule has 1 aromatic rings. The van der Waals surface area contributed by atoms with E-state index in [1.807, 2.05) is 11.8 Å². The van der Waals surface area contributed by atoms with Crippen LogP contribution in [0.3, 0.4) is 0 Å². The van der Waals surface area contributed by atoms with Gasteiger partial charge in [-0.3, -0.25) is 0 Å². The third-order valence-electron chi connectivity index (χ3n) is 5.03. The molecular weight excluding hydrogens is 292 g/mol. The maximum absolute atomic E-state index is 5.66. The molecule has 22 heavy (non-hydrogen) atoms. The fraction of sp³-hybridized carbons (Fsp3) is 0.667. The summed E-state index contributed by atoms with van der Waals surface area (Å²) in [7, 11) is 0. The van der Waals surface area contributed by atoms with Gasteiger partial charge in [0.25, 0.3) is 0 Å². The molecule has 3 unspecified atom stereocenters. The molecule has 3 nitrogen and oxygen atoms in total. The van der Waals surface area contributed by atoms with E-state index in [1.165, 1.54) is 35.3 Å². The summed E-state index contributed by atoms with van der Waals surface area (Å²) in [6.45, 7) is 5.89. The van der Waals surface area contributed by atoms with Crippen molar-refractivity contribution in [3.63, 3.8) is 0 Å². The van der Waals surface area contributed by atoms with Crippen molar-refractivity contribution in [2.24, 2.45) is 5.92 Å². The van der Waals surface area contributed by atoms with Gasteiger partial charge in [0.05, 0.1) is 13.2 Å². The van der Waals surface area contributed by atoms with Crippen molar-refractivity contribution in [1.82, 2.24) is 10.6 Å². The van der Waals surface area contributed by atoms with Crippen LogP contribution in [0.2, 0.25) is 0 Å². The Morgan fingerprint density at radius 2 is 2.27 bits per heavy atom. The normalized spacial score (nSPS) is 28.9. The first-order valence-electron chi connectivity index (χ1n) is 8.46. The number of hydrogen-bond acceptors (Lipinski definition) is 4. The zero-order chi connectivity index (χ0) is 15.4. The average molecular weight is 321 g/mol. The Balaban J connectivity index is 1.60. The van der Waals surface area contributed by atoms with E-state index in [4.69, 9.17) is 4.74 Å². The van der Waals surface area contributed by atoms with Crippen molar-refractivity contribution in [3.05, 3.63) is 29.3 Å². The molecule has 122 valence electrons. The van der Waals surface area contributed by atoms with Crippen LogP contribution in [0, 0.1) is 12.8 Å². The van der Waals surface area contributed by atoms with Crippen molar-refractivity contribution < 1.29 is 4.74 Å². The molecule has 3 rings (SSSR count). The summed E-state index contributed by atoms with van der Waals surface area (Å²) in [6, 6.07) is 7.95. The monoisotopic (exact) mass is 320 g/mol. The molecule has 0 spiro atoms. The first-order chi connectivity index (χ1) is 10.8. The van der Waals surface area contributed by atoms with Gasteiger partial charge in [0.2, 0.25) is 0 Å². The molecule has 0 amide bonds. The minimum atomic E-state index is 0.534. The number of ether oxygens (including phenoxy) is 1. The lowest BCUT2D eigenvalue weighted by atomic mass is 9.94. The predicted octanol–water partition coefficient (Wildman–Crippen LogP) is 2.96. The predicted molar refractivity (Wildman–Crippen MR) is 93.5 cm³/mol. The average Bonchev–Trinajstić information content (AvgIpc) is 3.03. The number of morpholine rings is 1. The fourth-order valence-corrected chi connectivity index (χ4v) is 4.53. The SMILES string of the molecule is CSc1cc(C)ccc1CNC1CCCC1C1COCCN1. The summed E-state index contributed by atoms with van der Waals surface area (Å²) in [6.07, 6.45) is 6.12. The van der Waals surface area contributed by atoms with Crippen LogP contribution in [-0.2, 0) is 11.3 Å². The van der Waals surface area contributed by atoms with Gasteiger partial charge in [0, 0.05) is 30.1 Å². The summed E-state index contributed by atoms with van der Waals surface area (Å²) >= 11 is 1.85. The van der Waals surface area contributed by atoms with Gasteiger partial charge in [-0.15, -0.1) is 11.8 Å². The molecule has 1 heterocycles. The Bertz CT molecular complexity index is 488. The second-order valence-corrected chi connectivity index (χ2v) is 7.38. The Labute approximate surface area is 138 Å². The minimum absolute atomic E-state index is 0.534. The van der Waals surface area contributed by atoms with Gasteiger partial charge in [0.1, 0.15) is 0 Å². The van der Waals surface area contributed by atoms with E-state index in [1.54, 1.807) is 0 Å². The van der Waals surface area contributed by atoms with Crippen molar-refractivity contribution in [2.75, 3.05) is 26.0 Å². The van der Waals surface area contributed by atoms with Crippen LogP contribution in [0.25, 0.3) is 0 Å². The molecule has 1 saturated heterocycles. The summed E-state index contributed by atoms with van der Waals surface area (Å²) in [5.74, 6) is 0.712. The van der Waals surface area contributed by atoms with Gasteiger partial charge in [-0.05, 0) is 49.1 Å². The Hall–Kier alpha value is -0.550. The van der Waals surface area contributed by atoms with E-state index in [2.05, 4.69) is 42.0 Å². The highest BCUT2D eigenvalue weighted by molar-refractivity contribution is 7.98. The second kappa shape index (κ2) is 7.82. The Kier molecular flexibility index (Phi) is 5.80. The van der Waals surface area contributed by atoms with Crippen LogP contribution in [0.15, 0.2) is 23.1 Å². The Morgan fingerprint density at radius 3 is 3.05 bits per heavy atom. The zero-order valence-electron chi connectivity index (χ0n) is 13.7. The van der Waals surface area contributed by atoms with E-state index >= 15 is 0 Å². The van der Waals surface area contributed by atoms with Crippen molar-refractivity contribution in [3.8, 4) is 0 Å². The van der Waals surface area contributed by atoms with Gasteiger partial charge < -0.3 is 15.4 Å². The summed E-state index contributed by atoms with van der Waals surface area (Å²) in [5, 5.41) is 7.48. The molecule has 2 fully saturated rings. The second-order valence-electron chi connectivity index (χ2n) is 6.53. The molecule has 1 saturated carbocycles. The standard InChI is InChI=1S/C18H28N2OS/c1-13-6-7-14(18(10-13)22-2)11-20-16-5-3-4-15(16)17-12-21-9-8-19-17/h6-7,10,15-17,19-20H,3-5,8-9,11-12H2,1-2H3. The van der Waals surface area contributed by atoms with E-state index in [9.17, 15) is 0 Å². The molecule has 4 heteroatoms.